The third kappa shape index (κ3) is 4.21. The first-order valence-corrected chi connectivity index (χ1v) is 7.98. The molecule has 4 heteroatoms. The highest BCUT2D eigenvalue weighted by Gasteiger charge is 2.04. The van der Waals surface area contributed by atoms with E-state index in [2.05, 4.69) is 43.1 Å². The molecule has 0 spiro atoms. The molecule has 2 aromatic rings. The molecule has 1 aromatic heterocycles. The Hall–Kier alpha value is -2.07. The molecule has 0 fully saturated rings. The Morgan fingerprint density at radius 1 is 1.18 bits per heavy atom. The monoisotopic (exact) mass is 315 g/mol. The SMILES string of the molecule is COc1cc(/C=C/c2scnc2OC)ccc1CC=C(C)C. The molecule has 0 bridgehead atoms. The summed E-state index contributed by atoms with van der Waals surface area (Å²) in [4.78, 5) is 5.16. The van der Waals surface area contributed by atoms with E-state index < -0.39 is 0 Å². The summed E-state index contributed by atoms with van der Waals surface area (Å²) in [7, 11) is 3.34. The molecule has 1 aromatic carbocycles. The van der Waals surface area contributed by atoms with Gasteiger partial charge in [0.2, 0.25) is 5.88 Å². The lowest BCUT2D eigenvalue weighted by atomic mass is 10.1. The lowest BCUT2D eigenvalue weighted by Gasteiger charge is -2.08. The molecular weight excluding hydrogens is 294 g/mol. The summed E-state index contributed by atoms with van der Waals surface area (Å²) < 4.78 is 10.7. The minimum absolute atomic E-state index is 0.661. The number of nitrogens with zero attached hydrogens (tertiary/aromatic N) is 1. The average molecular weight is 315 g/mol. The molecule has 0 radical (unpaired) electrons. The van der Waals surface area contributed by atoms with E-state index in [1.807, 2.05) is 12.2 Å². The van der Waals surface area contributed by atoms with Gasteiger partial charge >= 0.3 is 0 Å². The van der Waals surface area contributed by atoms with Crippen molar-refractivity contribution in [3.63, 3.8) is 0 Å². The van der Waals surface area contributed by atoms with E-state index in [-0.39, 0.29) is 0 Å². The maximum absolute atomic E-state index is 5.50. The Morgan fingerprint density at radius 2 is 2.00 bits per heavy atom. The molecule has 116 valence electrons. The van der Waals surface area contributed by atoms with Crippen LogP contribution in [0.2, 0.25) is 0 Å². The van der Waals surface area contributed by atoms with Gasteiger partial charge in [0.05, 0.1) is 24.6 Å². The predicted octanol–water partition coefficient (Wildman–Crippen LogP) is 4.84. The summed E-state index contributed by atoms with van der Waals surface area (Å²) in [6.45, 7) is 4.21. The van der Waals surface area contributed by atoms with Gasteiger partial charge in [-0.1, -0.05) is 29.9 Å². The van der Waals surface area contributed by atoms with Crippen molar-refractivity contribution >= 4 is 23.5 Å². The van der Waals surface area contributed by atoms with Crippen molar-refractivity contribution in [2.75, 3.05) is 14.2 Å². The molecular formula is C18H21NO2S. The van der Waals surface area contributed by atoms with Crippen molar-refractivity contribution in [1.82, 2.24) is 4.98 Å². The quantitative estimate of drug-likeness (QED) is 0.715. The normalized spacial score (nSPS) is 10.7. The second-order valence-corrected chi connectivity index (χ2v) is 6.00. The van der Waals surface area contributed by atoms with Crippen molar-refractivity contribution in [2.45, 2.75) is 20.3 Å². The van der Waals surface area contributed by atoms with Crippen LogP contribution in [0.3, 0.4) is 0 Å². The molecule has 0 unspecified atom stereocenters. The summed E-state index contributed by atoms with van der Waals surface area (Å²) >= 11 is 1.56. The lowest BCUT2D eigenvalue weighted by Crippen LogP contribution is -1.92. The van der Waals surface area contributed by atoms with Gasteiger partial charge < -0.3 is 9.47 Å². The van der Waals surface area contributed by atoms with E-state index in [9.17, 15) is 0 Å². The molecule has 0 N–H and O–H groups in total. The highest BCUT2D eigenvalue weighted by Crippen LogP contribution is 2.26. The van der Waals surface area contributed by atoms with E-state index in [0.29, 0.717) is 5.88 Å². The van der Waals surface area contributed by atoms with Gasteiger partial charge in [-0.3, -0.25) is 0 Å². The molecule has 2 rings (SSSR count). The first-order chi connectivity index (χ1) is 10.6. The number of ether oxygens (including phenoxy) is 2. The predicted molar refractivity (Wildman–Crippen MR) is 93.7 cm³/mol. The van der Waals surface area contributed by atoms with Crippen molar-refractivity contribution < 1.29 is 9.47 Å². The number of benzene rings is 1. The van der Waals surface area contributed by atoms with Crippen LogP contribution in [0.4, 0.5) is 0 Å². The Labute approximate surface area is 135 Å². The van der Waals surface area contributed by atoms with Crippen LogP contribution < -0.4 is 9.47 Å². The van der Waals surface area contributed by atoms with Gasteiger partial charge in [0.1, 0.15) is 5.75 Å². The fraction of sp³-hybridized carbons (Fsp3) is 0.278. The summed E-state index contributed by atoms with van der Waals surface area (Å²) in [5.74, 6) is 1.57. The standard InChI is InChI=1S/C18H21NO2S/c1-13(2)5-8-15-9-6-14(11-16(15)20-3)7-10-17-18(21-4)19-12-22-17/h5-7,9-12H,8H2,1-4H3/b10-7+. The van der Waals surface area contributed by atoms with Gasteiger partial charge in [-0.2, -0.15) is 0 Å². The summed E-state index contributed by atoms with van der Waals surface area (Å²) in [6.07, 6.45) is 7.15. The summed E-state index contributed by atoms with van der Waals surface area (Å²) in [5.41, 5.74) is 5.37. The summed E-state index contributed by atoms with van der Waals surface area (Å²) in [5, 5.41) is 0. The molecule has 0 saturated heterocycles. The fourth-order valence-electron chi connectivity index (χ4n) is 2.03. The van der Waals surface area contributed by atoms with E-state index in [4.69, 9.17) is 9.47 Å². The number of methoxy groups -OCH3 is 2. The molecule has 0 amide bonds. The Kier molecular flexibility index (Phi) is 5.78. The van der Waals surface area contributed by atoms with Gasteiger partial charge in [0.25, 0.3) is 0 Å². The van der Waals surface area contributed by atoms with E-state index in [1.165, 1.54) is 11.1 Å². The van der Waals surface area contributed by atoms with E-state index >= 15 is 0 Å². The van der Waals surface area contributed by atoms with Crippen molar-refractivity contribution in [2.24, 2.45) is 0 Å². The number of hydrogen-bond donors (Lipinski definition) is 0. The van der Waals surface area contributed by atoms with Crippen LogP contribution in [0.1, 0.15) is 29.9 Å². The van der Waals surface area contributed by atoms with Crippen LogP contribution in [0.25, 0.3) is 12.2 Å². The van der Waals surface area contributed by atoms with Gasteiger partial charge in [0.15, 0.2) is 0 Å². The van der Waals surface area contributed by atoms with Gasteiger partial charge in [-0.05, 0) is 43.5 Å². The number of rotatable bonds is 6. The highest BCUT2D eigenvalue weighted by molar-refractivity contribution is 7.10. The Balaban J connectivity index is 2.20. The third-order valence-corrected chi connectivity index (χ3v) is 4.00. The number of hydrogen-bond acceptors (Lipinski definition) is 4. The first kappa shape index (κ1) is 16.3. The highest BCUT2D eigenvalue weighted by atomic mass is 32.1. The average Bonchev–Trinajstić information content (AvgIpc) is 2.98. The topological polar surface area (TPSA) is 31.4 Å². The first-order valence-electron chi connectivity index (χ1n) is 7.10. The minimum atomic E-state index is 0.661. The Bertz CT molecular complexity index is 682. The zero-order valence-electron chi connectivity index (χ0n) is 13.4. The number of aromatic nitrogens is 1. The van der Waals surface area contributed by atoms with Crippen LogP contribution in [0, 0.1) is 0 Å². The maximum Gasteiger partial charge on any atom is 0.231 e. The zero-order valence-corrected chi connectivity index (χ0v) is 14.2. The van der Waals surface area contributed by atoms with Crippen LogP contribution in [0.15, 0.2) is 35.4 Å². The van der Waals surface area contributed by atoms with Crippen LogP contribution in [-0.4, -0.2) is 19.2 Å². The van der Waals surface area contributed by atoms with Crippen LogP contribution in [0.5, 0.6) is 11.6 Å². The molecule has 1 heterocycles. The molecule has 0 saturated carbocycles. The van der Waals surface area contributed by atoms with Crippen molar-refractivity contribution in [1.29, 1.82) is 0 Å². The van der Waals surface area contributed by atoms with Gasteiger partial charge in [-0.25, -0.2) is 4.98 Å². The minimum Gasteiger partial charge on any atom is -0.496 e. The van der Waals surface area contributed by atoms with Crippen molar-refractivity contribution in [3.8, 4) is 11.6 Å². The van der Waals surface area contributed by atoms with E-state index in [0.717, 1.165) is 22.6 Å². The zero-order chi connectivity index (χ0) is 15.9. The molecule has 0 aliphatic rings. The van der Waals surface area contributed by atoms with Gasteiger partial charge in [-0.15, -0.1) is 11.3 Å². The third-order valence-electron chi connectivity index (χ3n) is 3.22. The largest absolute Gasteiger partial charge is 0.496 e. The second-order valence-electron chi connectivity index (χ2n) is 5.12. The van der Waals surface area contributed by atoms with Crippen LogP contribution in [-0.2, 0) is 6.42 Å². The Morgan fingerprint density at radius 3 is 2.68 bits per heavy atom. The summed E-state index contributed by atoms with van der Waals surface area (Å²) in [6, 6.07) is 6.26. The smallest absolute Gasteiger partial charge is 0.231 e. The lowest BCUT2D eigenvalue weighted by molar-refractivity contribution is 0.400. The molecule has 0 atom stereocenters. The van der Waals surface area contributed by atoms with Crippen molar-refractivity contribution in [3.05, 3.63) is 51.4 Å². The van der Waals surface area contributed by atoms with Crippen LogP contribution >= 0.6 is 11.3 Å². The maximum atomic E-state index is 5.50. The number of thiazole rings is 1. The fourth-order valence-corrected chi connectivity index (χ4v) is 2.67. The number of allylic oxidation sites excluding steroid dienone is 2. The molecule has 3 nitrogen and oxygen atoms in total. The molecule has 0 aliphatic carbocycles. The van der Waals surface area contributed by atoms with E-state index in [1.54, 1.807) is 31.1 Å². The molecule has 22 heavy (non-hydrogen) atoms. The second kappa shape index (κ2) is 7.80. The van der Waals surface area contributed by atoms with Gasteiger partial charge in [0, 0.05) is 0 Å². The molecule has 0 aliphatic heterocycles.